The van der Waals surface area contributed by atoms with Crippen LogP contribution in [-0.2, 0) is 32.4 Å². The maximum absolute atomic E-state index is 12.6. The first-order chi connectivity index (χ1) is 17.8. The van der Waals surface area contributed by atoms with Crippen LogP contribution < -0.4 is 14.8 Å². The van der Waals surface area contributed by atoms with Crippen LogP contribution in [0.5, 0.6) is 5.75 Å². The van der Waals surface area contributed by atoms with E-state index in [-0.39, 0.29) is 16.1 Å². The van der Waals surface area contributed by atoms with Gasteiger partial charge in [-0.1, -0.05) is 0 Å². The number of ether oxygens (including phenoxy) is 2. The van der Waals surface area contributed by atoms with Crippen LogP contribution in [0.4, 0.5) is 10.7 Å². The Labute approximate surface area is 219 Å². The van der Waals surface area contributed by atoms with Gasteiger partial charge in [-0.2, -0.15) is 5.26 Å². The van der Waals surface area contributed by atoms with Gasteiger partial charge in [-0.05, 0) is 86.7 Å². The molecule has 2 aromatic carbocycles. The molecule has 37 heavy (non-hydrogen) atoms. The zero-order valence-corrected chi connectivity index (χ0v) is 21.7. The molecule has 0 atom stereocenters. The lowest BCUT2D eigenvalue weighted by molar-refractivity contribution is -0.119. The number of nitriles is 1. The van der Waals surface area contributed by atoms with Crippen LogP contribution in [0.25, 0.3) is 0 Å². The number of nitrogens with one attached hydrogen (secondary N) is 2. The number of carbonyl (C=O) groups is 2. The van der Waals surface area contributed by atoms with E-state index < -0.39 is 28.5 Å². The van der Waals surface area contributed by atoms with Gasteiger partial charge in [0.25, 0.3) is 15.9 Å². The van der Waals surface area contributed by atoms with E-state index in [0.29, 0.717) is 22.9 Å². The van der Waals surface area contributed by atoms with E-state index >= 15 is 0 Å². The molecule has 1 aromatic heterocycles. The summed E-state index contributed by atoms with van der Waals surface area (Å²) in [6, 6.07) is 13.9. The molecule has 0 bridgehead atoms. The van der Waals surface area contributed by atoms with E-state index in [2.05, 4.69) is 16.1 Å². The zero-order chi connectivity index (χ0) is 26.4. The number of thiophene rings is 1. The summed E-state index contributed by atoms with van der Waals surface area (Å²) in [4.78, 5) is 25.9. The van der Waals surface area contributed by atoms with E-state index in [0.717, 1.165) is 36.1 Å². The number of amides is 1. The molecule has 1 heterocycles. The number of nitrogens with zero attached hydrogens (tertiary/aromatic N) is 1. The van der Waals surface area contributed by atoms with Gasteiger partial charge in [0.1, 0.15) is 16.8 Å². The zero-order valence-electron chi connectivity index (χ0n) is 20.1. The van der Waals surface area contributed by atoms with Crippen LogP contribution in [0, 0.1) is 11.3 Å². The molecular weight excluding hydrogens is 514 g/mol. The van der Waals surface area contributed by atoms with Gasteiger partial charge in [-0.25, -0.2) is 13.2 Å². The molecule has 192 valence electrons. The normalized spacial score (nSPS) is 12.6. The van der Waals surface area contributed by atoms with E-state index in [9.17, 15) is 23.3 Å². The van der Waals surface area contributed by atoms with Crippen molar-refractivity contribution >= 4 is 43.9 Å². The molecule has 2 N–H and O–H groups in total. The number of anilines is 2. The molecule has 9 nitrogen and oxygen atoms in total. The highest BCUT2D eigenvalue weighted by Gasteiger charge is 2.22. The number of benzene rings is 2. The first kappa shape index (κ1) is 26.2. The maximum atomic E-state index is 12.6. The summed E-state index contributed by atoms with van der Waals surface area (Å²) in [7, 11) is -3.83. The first-order valence-electron chi connectivity index (χ1n) is 11.7. The van der Waals surface area contributed by atoms with Gasteiger partial charge in [-0.15, -0.1) is 11.3 Å². The Morgan fingerprint density at radius 3 is 2.43 bits per heavy atom. The number of rotatable bonds is 9. The van der Waals surface area contributed by atoms with Crippen LogP contribution in [-0.4, -0.2) is 33.5 Å². The summed E-state index contributed by atoms with van der Waals surface area (Å²) >= 11 is 1.40. The van der Waals surface area contributed by atoms with Crippen molar-refractivity contribution in [1.82, 2.24) is 0 Å². The number of esters is 1. The fraction of sp³-hybridized carbons (Fsp3) is 0.269. The van der Waals surface area contributed by atoms with Gasteiger partial charge in [0, 0.05) is 10.6 Å². The largest absolute Gasteiger partial charge is 0.494 e. The van der Waals surface area contributed by atoms with Gasteiger partial charge in [0.2, 0.25) is 0 Å². The third-order valence-corrected chi connectivity index (χ3v) is 8.29. The topological polar surface area (TPSA) is 135 Å². The van der Waals surface area contributed by atoms with Crippen LogP contribution in [0.2, 0.25) is 0 Å². The Balaban J connectivity index is 1.32. The molecule has 1 aliphatic rings. The Morgan fingerprint density at radius 2 is 1.76 bits per heavy atom. The Hall–Kier alpha value is -3.88. The van der Waals surface area contributed by atoms with Crippen molar-refractivity contribution in [3.63, 3.8) is 0 Å². The molecule has 0 spiro atoms. The third kappa shape index (κ3) is 6.28. The van der Waals surface area contributed by atoms with Crippen LogP contribution >= 0.6 is 11.3 Å². The molecule has 0 unspecified atom stereocenters. The number of hydrogen-bond acceptors (Lipinski definition) is 8. The van der Waals surface area contributed by atoms with Crippen molar-refractivity contribution in [3.05, 3.63) is 70.1 Å². The minimum atomic E-state index is -3.83. The molecule has 0 radical (unpaired) electrons. The smallest absolute Gasteiger partial charge is 0.338 e. The van der Waals surface area contributed by atoms with Gasteiger partial charge in [-0.3, -0.25) is 9.52 Å². The van der Waals surface area contributed by atoms with Gasteiger partial charge < -0.3 is 14.8 Å². The van der Waals surface area contributed by atoms with E-state index in [1.165, 1.54) is 47.7 Å². The van der Waals surface area contributed by atoms with E-state index in [1.807, 2.05) is 6.92 Å². The van der Waals surface area contributed by atoms with Gasteiger partial charge >= 0.3 is 5.97 Å². The van der Waals surface area contributed by atoms with Crippen molar-refractivity contribution in [1.29, 1.82) is 5.26 Å². The number of fused-ring (bicyclic) bond motifs is 1. The molecular formula is C26H25N3O6S2. The number of sulfonamides is 1. The Morgan fingerprint density at radius 1 is 1.05 bits per heavy atom. The van der Waals surface area contributed by atoms with Crippen LogP contribution in [0.15, 0.2) is 53.4 Å². The number of aryl methyl sites for hydroxylation is 1. The molecule has 3 aromatic rings. The van der Waals surface area contributed by atoms with Gasteiger partial charge in [0.15, 0.2) is 6.61 Å². The van der Waals surface area contributed by atoms with Crippen molar-refractivity contribution in [2.24, 2.45) is 0 Å². The fourth-order valence-electron chi connectivity index (χ4n) is 3.92. The summed E-state index contributed by atoms with van der Waals surface area (Å²) in [5.74, 6) is -0.705. The standard InChI is InChI=1S/C26H25N3O6S2/c1-2-34-19-11-13-20(14-12-19)37(32,33)29-18-9-7-17(8-10-18)26(31)35-16-24(30)28-25-22(15-27)21-5-3-4-6-23(21)36-25/h7-14,29H,2-6,16H2,1H3,(H,28,30). The quantitative estimate of drug-likeness (QED) is 0.383. The minimum absolute atomic E-state index is 0.0663. The second-order valence-corrected chi connectivity index (χ2v) is 11.0. The lowest BCUT2D eigenvalue weighted by Crippen LogP contribution is -2.21. The number of hydrogen-bond donors (Lipinski definition) is 2. The molecule has 4 rings (SSSR count). The predicted molar refractivity (Wildman–Crippen MR) is 139 cm³/mol. The molecule has 0 saturated carbocycles. The molecule has 0 fully saturated rings. The lowest BCUT2D eigenvalue weighted by Gasteiger charge is -2.10. The van der Waals surface area contributed by atoms with Crippen LogP contribution in [0.3, 0.4) is 0 Å². The second-order valence-electron chi connectivity index (χ2n) is 8.24. The van der Waals surface area contributed by atoms with Crippen molar-refractivity contribution in [3.8, 4) is 11.8 Å². The number of carbonyl (C=O) groups excluding carboxylic acids is 2. The summed E-state index contributed by atoms with van der Waals surface area (Å²) in [5, 5.41) is 12.7. The SMILES string of the molecule is CCOc1ccc(S(=O)(=O)Nc2ccc(C(=O)OCC(=O)Nc3sc4c(c3C#N)CCCC4)cc2)cc1. The summed E-state index contributed by atoms with van der Waals surface area (Å²) in [5.41, 5.74) is 1.90. The molecule has 1 amide bonds. The average molecular weight is 540 g/mol. The Bertz CT molecular complexity index is 1440. The molecule has 11 heteroatoms. The Kier molecular flexibility index (Phi) is 8.11. The van der Waals surface area contributed by atoms with Gasteiger partial charge in [0.05, 0.1) is 22.6 Å². The highest BCUT2D eigenvalue weighted by molar-refractivity contribution is 7.92. The predicted octanol–water partition coefficient (Wildman–Crippen LogP) is 4.49. The molecule has 0 saturated heterocycles. The van der Waals surface area contributed by atoms with Crippen molar-refractivity contribution in [2.75, 3.05) is 23.3 Å². The molecule has 1 aliphatic carbocycles. The van der Waals surface area contributed by atoms with Crippen molar-refractivity contribution in [2.45, 2.75) is 37.5 Å². The third-order valence-electron chi connectivity index (χ3n) is 5.69. The highest BCUT2D eigenvalue weighted by Crippen LogP contribution is 2.37. The first-order valence-corrected chi connectivity index (χ1v) is 14.0. The monoisotopic (exact) mass is 539 g/mol. The lowest BCUT2D eigenvalue weighted by atomic mass is 9.96. The summed E-state index contributed by atoms with van der Waals surface area (Å²) < 4.78 is 38.1. The summed E-state index contributed by atoms with van der Waals surface area (Å²) in [6.45, 7) is 1.79. The van der Waals surface area contributed by atoms with Crippen molar-refractivity contribution < 1.29 is 27.5 Å². The highest BCUT2D eigenvalue weighted by atomic mass is 32.2. The second kappa shape index (κ2) is 11.5. The minimum Gasteiger partial charge on any atom is -0.494 e. The van der Waals surface area contributed by atoms with E-state index in [1.54, 1.807) is 12.1 Å². The fourth-order valence-corrected chi connectivity index (χ4v) is 6.23. The summed E-state index contributed by atoms with van der Waals surface area (Å²) in [6.07, 6.45) is 3.80. The van der Waals surface area contributed by atoms with Crippen LogP contribution in [0.1, 0.15) is 46.1 Å². The van der Waals surface area contributed by atoms with E-state index in [4.69, 9.17) is 9.47 Å². The molecule has 0 aliphatic heterocycles. The maximum Gasteiger partial charge on any atom is 0.338 e. The average Bonchev–Trinajstić information content (AvgIpc) is 3.24.